The first-order chi connectivity index (χ1) is 21.3. The lowest BCUT2D eigenvalue weighted by molar-refractivity contribution is -0.122. The number of rotatable bonds is 12. The van der Waals surface area contributed by atoms with E-state index in [2.05, 4.69) is 28.1 Å². The highest BCUT2D eigenvalue weighted by Gasteiger charge is 2.36. The van der Waals surface area contributed by atoms with Crippen LogP contribution in [0.25, 0.3) is 11.1 Å². The molecular formula is C34H43N3O6S. The minimum atomic E-state index is -0.566. The summed E-state index contributed by atoms with van der Waals surface area (Å²) in [6.45, 7) is 2.11. The molecule has 0 heterocycles. The van der Waals surface area contributed by atoms with Gasteiger partial charge < -0.3 is 30.2 Å². The molecule has 0 unspecified atom stereocenters. The molecule has 0 aromatic heterocycles. The number of carbonyl (C=O) groups is 2. The van der Waals surface area contributed by atoms with Crippen molar-refractivity contribution < 1.29 is 23.8 Å². The van der Waals surface area contributed by atoms with E-state index in [4.69, 9.17) is 14.2 Å². The molecule has 5 rings (SSSR count). The van der Waals surface area contributed by atoms with Crippen LogP contribution in [0.1, 0.15) is 49.8 Å². The molecule has 2 amide bonds. The number of fused-ring (bicyclic) bond motifs is 5. The van der Waals surface area contributed by atoms with Crippen LogP contribution in [0.3, 0.4) is 0 Å². The van der Waals surface area contributed by atoms with Gasteiger partial charge in [-0.1, -0.05) is 18.2 Å². The molecule has 9 nitrogen and oxygen atoms in total. The monoisotopic (exact) mass is 621 g/mol. The second kappa shape index (κ2) is 14.0. The molecule has 0 radical (unpaired) electrons. The van der Waals surface area contributed by atoms with Crippen LogP contribution in [-0.2, 0) is 16.0 Å². The fourth-order valence-corrected chi connectivity index (χ4v) is 7.47. The van der Waals surface area contributed by atoms with Crippen LogP contribution in [0.4, 0.5) is 5.69 Å². The van der Waals surface area contributed by atoms with E-state index in [1.807, 2.05) is 18.4 Å². The molecule has 2 aromatic carbocycles. The van der Waals surface area contributed by atoms with Crippen molar-refractivity contribution in [3.8, 4) is 28.4 Å². The Morgan fingerprint density at radius 1 is 1.05 bits per heavy atom. The van der Waals surface area contributed by atoms with Gasteiger partial charge in [0.25, 0.3) is 0 Å². The number of ether oxygens (including phenoxy) is 3. The summed E-state index contributed by atoms with van der Waals surface area (Å²) in [5.41, 5.74) is 3.22. The average molecular weight is 622 g/mol. The first-order valence-electron chi connectivity index (χ1n) is 15.3. The number of hydrogen-bond acceptors (Lipinski definition) is 8. The molecule has 3 aliphatic carbocycles. The number of carbonyl (C=O) groups excluding carboxylic acids is 2. The van der Waals surface area contributed by atoms with Crippen molar-refractivity contribution in [2.45, 2.75) is 51.1 Å². The summed E-state index contributed by atoms with van der Waals surface area (Å²) in [4.78, 5) is 39.5. The number of aryl methyl sites for hydroxylation is 1. The number of nitrogens with one attached hydrogen (secondary N) is 3. The predicted octanol–water partition coefficient (Wildman–Crippen LogP) is 4.73. The number of thioether (sulfide) groups is 1. The molecule has 236 valence electrons. The summed E-state index contributed by atoms with van der Waals surface area (Å²) >= 11 is 1.66. The van der Waals surface area contributed by atoms with Crippen LogP contribution in [-0.4, -0.2) is 57.7 Å². The molecular weight excluding hydrogens is 578 g/mol. The van der Waals surface area contributed by atoms with Gasteiger partial charge in [0.15, 0.2) is 11.5 Å². The summed E-state index contributed by atoms with van der Waals surface area (Å²) in [5.74, 6) is 3.61. The van der Waals surface area contributed by atoms with Crippen LogP contribution in [0.15, 0.2) is 41.2 Å². The van der Waals surface area contributed by atoms with E-state index < -0.39 is 12.1 Å². The van der Waals surface area contributed by atoms with Gasteiger partial charge in [-0.15, -0.1) is 0 Å². The second-order valence-electron chi connectivity index (χ2n) is 11.9. The SMILES string of the molecule is COc1cc2c(c(OC)c1OC)-c1ccc(N[C@@H](CCSC)C(=O)NC[C@H]3C[C@H]4C=C[C@H]3C4)c(=O)cc1[C@@H](NC(C)=O)CC2. The third-order valence-corrected chi connectivity index (χ3v) is 9.77. The van der Waals surface area contributed by atoms with Crippen molar-refractivity contribution in [3.63, 3.8) is 0 Å². The fraction of sp³-hybridized carbons (Fsp3) is 0.500. The molecule has 5 atom stereocenters. The molecule has 1 saturated carbocycles. The number of benzene rings is 1. The van der Waals surface area contributed by atoms with Gasteiger partial charge in [-0.2, -0.15) is 11.8 Å². The number of methoxy groups -OCH3 is 3. The lowest BCUT2D eigenvalue weighted by Crippen LogP contribution is -2.43. The highest BCUT2D eigenvalue weighted by molar-refractivity contribution is 7.98. The Hall–Kier alpha value is -3.66. The summed E-state index contributed by atoms with van der Waals surface area (Å²) < 4.78 is 17.2. The van der Waals surface area contributed by atoms with Crippen LogP contribution in [0, 0.1) is 17.8 Å². The Balaban J connectivity index is 1.52. The lowest BCUT2D eigenvalue weighted by Gasteiger charge is -2.22. The van der Waals surface area contributed by atoms with Gasteiger partial charge in [0.1, 0.15) is 6.04 Å². The van der Waals surface area contributed by atoms with Crippen LogP contribution >= 0.6 is 11.8 Å². The summed E-state index contributed by atoms with van der Waals surface area (Å²) in [5, 5.41) is 9.49. The van der Waals surface area contributed by atoms with Gasteiger partial charge in [-0.05, 0) is 96.8 Å². The van der Waals surface area contributed by atoms with Crippen LogP contribution in [0.5, 0.6) is 17.2 Å². The maximum atomic E-state index is 13.8. The van der Waals surface area contributed by atoms with E-state index in [9.17, 15) is 14.4 Å². The third kappa shape index (κ3) is 6.55. The first kappa shape index (κ1) is 31.8. The summed E-state index contributed by atoms with van der Waals surface area (Å²) in [6.07, 6.45) is 10.7. The number of anilines is 1. The van der Waals surface area contributed by atoms with Crippen molar-refractivity contribution in [2.75, 3.05) is 45.2 Å². The van der Waals surface area contributed by atoms with Crippen molar-refractivity contribution in [3.05, 3.63) is 57.8 Å². The van der Waals surface area contributed by atoms with Crippen LogP contribution in [0.2, 0.25) is 0 Å². The van der Waals surface area contributed by atoms with E-state index in [1.165, 1.54) is 13.3 Å². The van der Waals surface area contributed by atoms with E-state index in [0.717, 1.165) is 28.9 Å². The fourth-order valence-electron chi connectivity index (χ4n) is 7.00. The summed E-state index contributed by atoms with van der Waals surface area (Å²) in [7, 11) is 4.71. The average Bonchev–Trinajstić information content (AvgIpc) is 3.57. The number of allylic oxidation sites excluding steroid dienone is 2. The van der Waals surface area contributed by atoms with Crippen molar-refractivity contribution in [1.82, 2.24) is 10.6 Å². The topological polar surface area (TPSA) is 115 Å². The van der Waals surface area contributed by atoms with E-state index in [1.54, 1.807) is 45.2 Å². The molecule has 0 saturated heterocycles. The molecule has 2 aromatic rings. The summed E-state index contributed by atoms with van der Waals surface area (Å²) in [6, 6.07) is 6.14. The standard InChI is InChI=1S/C34H43N3O6S/c1-19(38)36-26-10-8-22-16-30(41-2)32(42-3)33(43-4)31(22)24-9-11-27(29(39)17-25(24)26)37-28(12-13-44-5)34(40)35-18-23-15-20-6-7-21(23)14-20/h6-7,9,11,16-17,20-21,23,26,28H,8,10,12-15,18H2,1-5H3,(H,35,40)(H,36,38)(H,37,39)/t20-,21-,23+,26-,28-/m0/s1. The van der Waals surface area contributed by atoms with Crippen molar-refractivity contribution >= 4 is 29.3 Å². The molecule has 44 heavy (non-hydrogen) atoms. The van der Waals surface area contributed by atoms with Gasteiger partial charge >= 0.3 is 0 Å². The highest BCUT2D eigenvalue weighted by Crippen LogP contribution is 2.50. The Morgan fingerprint density at radius 2 is 1.84 bits per heavy atom. The third-order valence-electron chi connectivity index (χ3n) is 9.13. The van der Waals surface area contributed by atoms with Crippen molar-refractivity contribution in [1.29, 1.82) is 0 Å². The van der Waals surface area contributed by atoms with Crippen LogP contribution < -0.4 is 35.6 Å². The van der Waals surface area contributed by atoms with E-state index in [-0.39, 0.29) is 17.2 Å². The zero-order chi connectivity index (χ0) is 31.4. The lowest BCUT2D eigenvalue weighted by atomic mass is 9.93. The highest BCUT2D eigenvalue weighted by atomic mass is 32.2. The van der Waals surface area contributed by atoms with E-state index in [0.29, 0.717) is 72.1 Å². The van der Waals surface area contributed by atoms with Gasteiger partial charge in [-0.3, -0.25) is 14.4 Å². The smallest absolute Gasteiger partial charge is 0.242 e. The normalized spacial score (nSPS) is 21.8. The molecule has 0 spiro atoms. The van der Waals surface area contributed by atoms with Gasteiger partial charge in [0.05, 0.1) is 33.1 Å². The number of amides is 2. The van der Waals surface area contributed by atoms with Gasteiger partial charge in [-0.25, -0.2) is 0 Å². The molecule has 0 aliphatic heterocycles. The molecule has 3 N–H and O–H groups in total. The quantitative estimate of drug-likeness (QED) is 0.292. The van der Waals surface area contributed by atoms with Crippen molar-refractivity contribution in [2.24, 2.45) is 17.8 Å². The first-order valence-corrected chi connectivity index (χ1v) is 16.7. The van der Waals surface area contributed by atoms with Gasteiger partial charge in [0.2, 0.25) is 23.0 Å². The zero-order valence-electron chi connectivity index (χ0n) is 26.2. The Labute approximate surface area is 263 Å². The molecule has 10 heteroatoms. The maximum Gasteiger partial charge on any atom is 0.242 e. The molecule has 1 fully saturated rings. The molecule has 2 bridgehead atoms. The Kier molecular flexibility index (Phi) is 10.1. The van der Waals surface area contributed by atoms with Gasteiger partial charge in [0, 0.05) is 19.0 Å². The Bertz CT molecular complexity index is 1490. The van der Waals surface area contributed by atoms with E-state index >= 15 is 0 Å². The number of hydrogen-bond donors (Lipinski definition) is 3. The Morgan fingerprint density at radius 3 is 2.48 bits per heavy atom. The largest absolute Gasteiger partial charge is 0.493 e. The zero-order valence-corrected chi connectivity index (χ0v) is 27.0. The minimum Gasteiger partial charge on any atom is -0.493 e. The predicted molar refractivity (Wildman–Crippen MR) is 175 cm³/mol. The maximum absolute atomic E-state index is 13.8. The second-order valence-corrected chi connectivity index (χ2v) is 12.8. The molecule has 3 aliphatic rings. The minimum absolute atomic E-state index is 0.0989.